The van der Waals surface area contributed by atoms with Gasteiger partial charge in [-0.05, 0) is 25.7 Å². The van der Waals surface area contributed by atoms with Crippen molar-refractivity contribution >= 4 is 12.1 Å². The van der Waals surface area contributed by atoms with Crippen molar-refractivity contribution in [2.45, 2.75) is 19.8 Å². The molecule has 0 radical (unpaired) electrons. The van der Waals surface area contributed by atoms with Gasteiger partial charge in [0.05, 0.1) is 0 Å². The lowest BCUT2D eigenvalue weighted by atomic mass is 9.90. The van der Waals surface area contributed by atoms with E-state index in [-0.39, 0.29) is 5.92 Å². The number of hydrogen-bond donors (Lipinski definition) is 2. The molecule has 1 amide bonds. The number of carbonyl (C=O) groups is 2. The molecule has 0 aromatic rings. The van der Waals surface area contributed by atoms with Crippen LogP contribution in [0, 0.1) is 5.92 Å². The molecule has 0 saturated carbocycles. The van der Waals surface area contributed by atoms with Crippen molar-refractivity contribution in [2.24, 2.45) is 5.92 Å². The van der Waals surface area contributed by atoms with Crippen LogP contribution in [0.2, 0.25) is 0 Å². The molecule has 0 bridgehead atoms. The van der Waals surface area contributed by atoms with Gasteiger partial charge < -0.3 is 15.1 Å². The Labute approximate surface area is 88.0 Å². The van der Waals surface area contributed by atoms with E-state index in [4.69, 9.17) is 10.2 Å². The highest BCUT2D eigenvalue weighted by molar-refractivity contribution is 5.80. The molecule has 1 aliphatic rings. The van der Waals surface area contributed by atoms with E-state index < -0.39 is 12.1 Å². The summed E-state index contributed by atoms with van der Waals surface area (Å²) in [6.45, 7) is 2.77. The number of aliphatic carboxylic acids is 1. The highest BCUT2D eigenvalue weighted by atomic mass is 16.4. The highest BCUT2D eigenvalue weighted by Crippen LogP contribution is 2.24. The Morgan fingerprint density at radius 2 is 1.80 bits per heavy atom. The maximum atomic E-state index is 10.6. The minimum Gasteiger partial charge on any atom is -0.478 e. The second-order valence-electron chi connectivity index (χ2n) is 3.77. The second kappa shape index (κ2) is 4.82. The molecule has 84 valence electrons. The first-order valence-electron chi connectivity index (χ1n) is 4.89. The van der Waals surface area contributed by atoms with Gasteiger partial charge in [-0.15, -0.1) is 0 Å². The average Bonchev–Trinajstić information content (AvgIpc) is 2.17. The fourth-order valence-electron chi connectivity index (χ4n) is 1.84. The van der Waals surface area contributed by atoms with Gasteiger partial charge in [0.1, 0.15) is 0 Å². The van der Waals surface area contributed by atoms with Crippen LogP contribution >= 0.6 is 0 Å². The van der Waals surface area contributed by atoms with E-state index in [9.17, 15) is 9.59 Å². The zero-order valence-electron chi connectivity index (χ0n) is 8.64. The van der Waals surface area contributed by atoms with Crippen molar-refractivity contribution in [1.82, 2.24) is 4.90 Å². The van der Waals surface area contributed by atoms with Crippen LogP contribution in [0.5, 0.6) is 0 Å². The van der Waals surface area contributed by atoms with E-state index in [2.05, 4.69) is 0 Å². The van der Waals surface area contributed by atoms with Crippen LogP contribution in [-0.4, -0.2) is 40.3 Å². The normalized spacial score (nSPS) is 19.0. The lowest BCUT2D eigenvalue weighted by molar-refractivity contribution is -0.131. The van der Waals surface area contributed by atoms with Crippen LogP contribution in [0.3, 0.4) is 0 Å². The zero-order valence-corrected chi connectivity index (χ0v) is 8.64. The van der Waals surface area contributed by atoms with E-state index in [1.807, 2.05) is 0 Å². The summed E-state index contributed by atoms with van der Waals surface area (Å²) >= 11 is 0. The van der Waals surface area contributed by atoms with E-state index >= 15 is 0 Å². The summed E-state index contributed by atoms with van der Waals surface area (Å²) in [5, 5.41) is 17.3. The minimum absolute atomic E-state index is 0.205. The molecule has 5 nitrogen and oxygen atoms in total. The first-order valence-corrected chi connectivity index (χ1v) is 4.89. The Bertz CT molecular complexity index is 290. The lowest BCUT2D eigenvalue weighted by Gasteiger charge is -2.30. The van der Waals surface area contributed by atoms with Gasteiger partial charge in [-0.25, -0.2) is 9.59 Å². The van der Waals surface area contributed by atoms with Gasteiger partial charge in [0.15, 0.2) is 0 Å². The van der Waals surface area contributed by atoms with Crippen LogP contribution in [-0.2, 0) is 4.79 Å². The average molecular weight is 213 g/mol. The first kappa shape index (κ1) is 11.6. The van der Waals surface area contributed by atoms with E-state index in [0.29, 0.717) is 25.9 Å². The Morgan fingerprint density at radius 1 is 1.27 bits per heavy atom. The van der Waals surface area contributed by atoms with Gasteiger partial charge in [0.2, 0.25) is 0 Å². The van der Waals surface area contributed by atoms with Gasteiger partial charge in [0, 0.05) is 19.2 Å². The summed E-state index contributed by atoms with van der Waals surface area (Å²) in [5.41, 5.74) is 0.826. The predicted molar refractivity (Wildman–Crippen MR) is 53.7 cm³/mol. The predicted octanol–water partition coefficient (Wildman–Crippen LogP) is 1.41. The van der Waals surface area contributed by atoms with Crippen molar-refractivity contribution in [1.29, 1.82) is 0 Å². The van der Waals surface area contributed by atoms with E-state index in [0.717, 1.165) is 5.57 Å². The number of rotatable bonds is 2. The van der Waals surface area contributed by atoms with E-state index in [1.165, 1.54) is 11.0 Å². The number of piperidine rings is 1. The number of hydrogen-bond acceptors (Lipinski definition) is 2. The maximum Gasteiger partial charge on any atom is 0.407 e. The molecule has 0 aliphatic carbocycles. The van der Waals surface area contributed by atoms with Gasteiger partial charge in [-0.3, -0.25) is 0 Å². The molecule has 1 heterocycles. The molecule has 1 aliphatic heterocycles. The Morgan fingerprint density at radius 3 is 2.20 bits per heavy atom. The van der Waals surface area contributed by atoms with Crippen molar-refractivity contribution < 1.29 is 19.8 Å². The summed E-state index contributed by atoms with van der Waals surface area (Å²) in [6, 6.07) is 0. The number of nitrogens with zero attached hydrogens (tertiary/aromatic N) is 1. The summed E-state index contributed by atoms with van der Waals surface area (Å²) < 4.78 is 0. The summed E-state index contributed by atoms with van der Waals surface area (Å²) in [5.74, 6) is -0.732. The van der Waals surface area contributed by atoms with Crippen LogP contribution < -0.4 is 0 Å². The molecule has 5 heteroatoms. The molecule has 0 aromatic heterocycles. The number of carboxylic acids is 1. The second-order valence-corrected chi connectivity index (χ2v) is 3.77. The van der Waals surface area contributed by atoms with Crippen molar-refractivity contribution in [2.75, 3.05) is 13.1 Å². The molecule has 1 saturated heterocycles. The Kier molecular flexibility index (Phi) is 3.71. The first-order chi connectivity index (χ1) is 7.00. The summed E-state index contributed by atoms with van der Waals surface area (Å²) in [6.07, 6.45) is 1.73. The molecule has 1 fully saturated rings. The smallest absolute Gasteiger partial charge is 0.407 e. The summed E-state index contributed by atoms with van der Waals surface area (Å²) in [4.78, 5) is 22.4. The number of likely N-dealkylation sites (tertiary alicyclic amines) is 1. The standard InChI is InChI=1S/C10H15NO4/c1-7(6-9(12)13)8-2-4-11(5-3-8)10(14)15/h6,8H,2-5H2,1H3,(H,12,13)(H,14,15)/b7-6-. The molecule has 0 unspecified atom stereocenters. The largest absolute Gasteiger partial charge is 0.478 e. The van der Waals surface area contributed by atoms with Gasteiger partial charge in [-0.1, -0.05) is 5.57 Å². The molecular formula is C10H15NO4. The summed E-state index contributed by atoms with van der Waals surface area (Å²) in [7, 11) is 0. The maximum absolute atomic E-state index is 10.6. The molecule has 15 heavy (non-hydrogen) atoms. The SMILES string of the molecule is C/C(=C/C(=O)O)C1CCN(C(=O)O)CC1. The van der Waals surface area contributed by atoms with Crippen LogP contribution in [0.4, 0.5) is 4.79 Å². The van der Waals surface area contributed by atoms with Gasteiger partial charge >= 0.3 is 12.1 Å². The third kappa shape index (κ3) is 3.27. The molecule has 0 aromatic carbocycles. The fraction of sp³-hybridized carbons (Fsp3) is 0.600. The molecule has 2 N–H and O–H groups in total. The number of carboxylic acid groups (broad SMARTS) is 2. The number of amides is 1. The van der Waals surface area contributed by atoms with Crippen LogP contribution in [0.25, 0.3) is 0 Å². The van der Waals surface area contributed by atoms with Crippen LogP contribution in [0.15, 0.2) is 11.6 Å². The third-order valence-corrected chi connectivity index (χ3v) is 2.76. The van der Waals surface area contributed by atoms with E-state index in [1.54, 1.807) is 6.92 Å². The quantitative estimate of drug-likeness (QED) is 0.680. The number of allylic oxidation sites excluding steroid dienone is 1. The van der Waals surface area contributed by atoms with Gasteiger partial charge in [0.25, 0.3) is 0 Å². The molecule has 1 rings (SSSR count). The lowest BCUT2D eigenvalue weighted by Crippen LogP contribution is -2.37. The third-order valence-electron chi connectivity index (χ3n) is 2.76. The molecule has 0 spiro atoms. The topological polar surface area (TPSA) is 77.8 Å². The van der Waals surface area contributed by atoms with Crippen molar-refractivity contribution in [3.8, 4) is 0 Å². The molecular weight excluding hydrogens is 198 g/mol. The zero-order chi connectivity index (χ0) is 11.4. The van der Waals surface area contributed by atoms with Crippen molar-refractivity contribution in [3.05, 3.63) is 11.6 Å². The Balaban J connectivity index is 2.50. The van der Waals surface area contributed by atoms with Gasteiger partial charge in [-0.2, -0.15) is 0 Å². The highest BCUT2D eigenvalue weighted by Gasteiger charge is 2.23. The van der Waals surface area contributed by atoms with Crippen molar-refractivity contribution in [3.63, 3.8) is 0 Å². The Hall–Kier alpha value is -1.52. The van der Waals surface area contributed by atoms with Crippen LogP contribution in [0.1, 0.15) is 19.8 Å². The molecule has 0 atom stereocenters. The monoisotopic (exact) mass is 213 g/mol. The minimum atomic E-state index is -0.937. The fourth-order valence-corrected chi connectivity index (χ4v) is 1.84.